The van der Waals surface area contributed by atoms with Crippen molar-refractivity contribution in [2.75, 3.05) is 0 Å². The Morgan fingerprint density at radius 2 is 1.63 bits per heavy atom. The Kier molecular flexibility index (Phi) is 8.25. The van der Waals surface area contributed by atoms with E-state index in [0.29, 0.717) is 6.54 Å². The molecule has 1 atom stereocenters. The molecule has 0 saturated heterocycles. The van der Waals surface area contributed by atoms with Gasteiger partial charge in [0, 0.05) is 12.6 Å². The summed E-state index contributed by atoms with van der Waals surface area (Å²) in [7, 11) is 0. The molecular formula is C18H26N4O5. The van der Waals surface area contributed by atoms with E-state index in [1.54, 1.807) is 26.0 Å². The van der Waals surface area contributed by atoms with Crippen molar-refractivity contribution in [3.05, 3.63) is 35.4 Å². The number of ether oxygens (including phenoxy) is 1. The first-order chi connectivity index (χ1) is 12.6. The molecule has 0 spiro atoms. The first kappa shape index (κ1) is 21.9. The van der Waals surface area contributed by atoms with Crippen LogP contribution in [0.25, 0.3) is 0 Å². The number of hydrogen-bond donors (Lipinski definition) is 4. The van der Waals surface area contributed by atoms with Crippen molar-refractivity contribution >= 4 is 23.9 Å². The van der Waals surface area contributed by atoms with Gasteiger partial charge in [-0.1, -0.05) is 26.0 Å². The number of carbonyl (C=O) groups is 4. The van der Waals surface area contributed by atoms with Gasteiger partial charge in [0.2, 0.25) is 0 Å². The normalized spacial score (nSPS) is 11.6. The molecule has 1 rings (SSSR count). The predicted octanol–water partition coefficient (Wildman–Crippen LogP) is 1.27. The van der Waals surface area contributed by atoms with E-state index in [1.165, 1.54) is 12.1 Å². The third-order valence-electron chi connectivity index (χ3n) is 3.41. The molecule has 5 N–H and O–H groups in total. The minimum atomic E-state index is -1.15. The van der Waals surface area contributed by atoms with Gasteiger partial charge in [-0.15, -0.1) is 0 Å². The summed E-state index contributed by atoms with van der Waals surface area (Å²) in [5.74, 6) is -1.83. The van der Waals surface area contributed by atoms with E-state index in [1.807, 2.05) is 19.2 Å². The summed E-state index contributed by atoms with van der Waals surface area (Å²) < 4.78 is 5.20. The van der Waals surface area contributed by atoms with Crippen LogP contribution in [0.5, 0.6) is 0 Å². The highest BCUT2D eigenvalue weighted by Crippen LogP contribution is 2.12. The first-order valence-corrected chi connectivity index (χ1v) is 8.54. The minimum absolute atomic E-state index is 0.0304. The van der Waals surface area contributed by atoms with E-state index in [9.17, 15) is 19.2 Å². The summed E-state index contributed by atoms with van der Waals surface area (Å²) in [6.45, 7) is 7.36. The van der Waals surface area contributed by atoms with Gasteiger partial charge in [-0.25, -0.2) is 14.4 Å². The third-order valence-corrected chi connectivity index (χ3v) is 3.41. The monoisotopic (exact) mass is 378 g/mol. The van der Waals surface area contributed by atoms with Gasteiger partial charge in [0.1, 0.15) is 0 Å². The lowest BCUT2D eigenvalue weighted by Crippen LogP contribution is -2.45. The van der Waals surface area contributed by atoms with Crippen molar-refractivity contribution < 1.29 is 23.9 Å². The average molecular weight is 378 g/mol. The Morgan fingerprint density at radius 3 is 2.11 bits per heavy atom. The summed E-state index contributed by atoms with van der Waals surface area (Å²) in [4.78, 5) is 46.5. The van der Waals surface area contributed by atoms with Crippen molar-refractivity contribution in [1.29, 1.82) is 0 Å². The molecule has 0 heterocycles. The number of carbonyl (C=O) groups excluding carboxylic acids is 4. The van der Waals surface area contributed by atoms with E-state index < -0.39 is 24.0 Å². The molecule has 0 radical (unpaired) electrons. The van der Waals surface area contributed by atoms with Gasteiger partial charge in [-0.3, -0.25) is 10.1 Å². The van der Waals surface area contributed by atoms with Crippen LogP contribution < -0.4 is 21.7 Å². The molecule has 0 aromatic heterocycles. The summed E-state index contributed by atoms with van der Waals surface area (Å²) in [6.07, 6.45) is -1.15. The van der Waals surface area contributed by atoms with Crippen LogP contribution in [0.4, 0.5) is 9.59 Å². The van der Waals surface area contributed by atoms with Crippen LogP contribution in [0.3, 0.4) is 0 Å². The number of nitrogens with one attached hydrogen (secondary N) is 3. The molecule has 148 valence electrons. The van der Waals surface area contributed by atoms with Gasteiger partial charge in [-0.05, 0) is 37.5 Å². The van der Waals surface area contributed by atoms with E-state index in [4.69, 9.17) is 10.5 Å². The standard InChI is InChI=1S/C18H26N4O5/c1-10(2)14(15(23)22-17(19)25)27-16(24)13-7-5-12(6-8-13)9-20-18(26)21-11(3)4/h5-8,10-11,14H,9H2,1-4H3,(H2,20,21,26)(H3,19,22,23,25)/t14-/m1/s1. The second kappa shape index (κ2) is 10.1. The van der Waals surface area contributed by atoms with Crippen LogP contribution in [0.1, 0.15) is 43.6 Å². The maximum Gasteiger partial charge on any atom is 0.338 e. The van der Waals surface area contributed by atoms with Gasteiger partial charge in [-0.2, -0.15) is 0 Å². The number of hydrogen-bond acceptors (Lipinski definition) is 5. The molecule has 0 aliphatic carbocycles. The predicted molar refractivity (Wildman–Crippen MR) is 98.7 cm³/mol. The van der Waals surface area contributed by atoms with Gasteiger partial charge in [0.15, 0.2) is 6.10 Å². The second-order valence-electron chi connectivity index (χ2n) is 6.60. The summed E-state index contributed by atoms with van der Waals surface area (Å²) in [5.41, 5.74) is 5.95. The van der Waals surface area contributed by atoms with Crippen LogP contribution in [0, 0.1) is 5.92 Å². The lowest BCUT2D eigenvalue weighted by Gasteiger charge is -2.19. The second-order valence-corrected chi connectivity index (χ2v) is 6.60. The van der Waals surface area contributed by atoms with Crippen molar-refractivity contribution in [2.24, 2.45) is 11.7 Å². The Bertz CT molecular complexity index is 685. The maximum absolute atomic E-state index is 12.3. The Morgan fingerprint density at radius 1 is 1.04 bits per heavy atom. The quantitative estimate of drug-likeness (QED) is 0.529. The molecule has 0 aliphatic heterocycles. The molecule has 27 heavy (non-hydrogen) atoms. The molecule has 0 unspecified atom stereocenters. The Balaban J connectivity index is 2.68. The van der Waals surface area contributed by atoms with Gasteiger partial charge in [0.05, 0.1) is 5.56 Å². The molecule has 1 aromatic carbocycles. The molecular weight excluding hydrogens is 352 g/mol. The lowest BCUT2D eigenvalue weighted by atomic mass is 10.1. The number of nitrogens with two attached hydrogens (primary N) is 1. The number of urea groups is 2. The SMILES string of the molecule is CC(C)NC(=O)NCc1ccc(C(=O)O[C@@H](C(=O)NC(N)=O)C(C)C)cc1. The Hall–Kier alpha value is -3.10. The number of rotatable bonds is 7. The third kappa shape index (κ3) is 7.76. The molecule has 0 bridgehead atoms. The molecule has 0 fully saturated rings. The smallest absolute Gasteiger partial charge is 0.338 e. The fourth-order valence-electron chi connectivity index (χ4n) is 2.12. The van der Waals surface area contributed by atoms with Crippen LogP contribution in [0.2, 0.25) is 0 Å². The van der Waals surface area contributed by atoms with Crippen LogP contribution in [0.15, 0.2) is 24.3 Å². The van der Waals surface area contributed by atoms with Crippen molar-refractivity contribution in [3.63, 3.8) is 0 Å². The van der Waals surface area contributed by atoms with Crippen LogP contribution in [-0.2, 0) is 16.1 Å². The first-order valence-electron chi connectivity index (χ1n) is 8.54. The number of amides is 5. The van der Waals surface area contributed by atoms with Gasteiger partial charge < -0.3 is 21.1 Å². The summed E-state index contributed by atoms with van der Waals surface area (Å²) in [5, 5.41) is 7.31. The van der Waals surface area contributed by atoms with Crippen molar-refractivity contribution in [1.82, 2.24) is 16.0 Å². The zero-order valence-corrected chi connectivity index (χ0v) is 15.9. The zero-order valence-electron chi connectivity index (χ0n) is 15.9. The fourth-order valence-corrected chi connectivity index (χ4v) is 2.12. The highest BCUT2D eigenvalue weighted by molar-refractivity contribution is 5.98. The Labute approximate surface area is 158 Å². The van der Waals surface area contributed by atoms with Gasteiger partial charge >= 0.3 is 18.0 Å². The van der Waals surface area contributed by atoms with E-state index in [0.717, 1.165) is 5.56 Å². The molecule has 0 aliphatic rings. The fraction of sp³-hybridized carbons (Fsp3) is 0.444. The molecule has 5 amide bonds. The molecule has 1 aromatic rings. The van der Waals surface area contributed by atoms with E-state index >= 15 is 0 Å². The number of benzene rings is 1. The highest BCUT2D eigenvalue weighted by Gasteiger charge is 2.27. The van der Waals surface area contributed by atoms with E-state index in [2.05, 4.69) is 10.6 Å². The molecule has 9 nitrogen and oxygen atoms in total. The summed E-state index contributed by atoms with van der Waals surface area (Å²) in [6, 6.07) is 5.13. The molecule has 9 heteroatoms. The van der Waals surface area contributed by atoms with Crippen LogP contribution >= 0.6 is 0 Å². The maximum atomic E-state index is 12.3. The average Bonchev–Trinajstić information content (AvgIpc) is 2.56. The lowest BCUT2D eigenvalue weighted by molar-refractivity contribution is -0.130. The highest BCUT2D eigenvalue weighted by atomic mass is 16.5. The number of imide groups is 1. The van der Waals surface area contributed by atoms with Crippen molar-refractivity contribution in [3.8, 4) is 0 Å². The molecule has 0 saturated carbocycles. The van der Waals surface area contributed by atoms with Crippen LogP contribution in [-0.4, -0.2) is 36.1 Å². The summed E-state index contributed by atoms with van der Waals surface area (Å²) >= 11 is 0. The zero-order chi connectivity index (χ0) is 20.6. The number of primary amides is 1. The topological polar surface area (TPSA) is 140 Å². The van der Waals surface area contributed by atoms with E-state index in [-0.39, 0.29) is 23.6 Å². The minimum Gasteiger partial charge on any atom is -0.448 e. The van der Waals surface area contributed by atoms with Crippen molar-refractivity contribution in [2.45, 2.75) is 46.4 Å². The largest absolute Gasteiger partial charge is 0.448 e. The number of esters is 1. The van der Waals surface area contributed by atoms with Gasteiger partial charge in [0.25, 0.3) is 5.91 Å².